The van der Waals surface area contributed by atoms with Crippen LogP contribution in [0.2, 0.25) is 0 Å². The molecule has 0 aromatic carbocycles. The summed E-state index contributed by atoms with van der Waals surface area (Å²) in [5, 5.41) is 3.25. The average Bonchev–Trinajstić information content (AvgIpc) is 2.29. The van der Waals surface area contributed by atoms with Crippen molar-refractivity contribution in [3.63, 3.8) is 0 Å². The first-order valence-corrected chi connectivity index (χ1v) is 4.70. The smallest absolute Gasteiger partial charge is 0.169 e. The number of anilines is 1. The van der Waals surface area contributed by atoms with Gasteiger partial charge in [-0.15, -0.1) is 0 Å². The van der Waals surface area contributed by atoms with Crippen LogP contribution in [-0.2, 0) is 4.74 Å². The molecule has 0 spiro atoms. The maximum Gasteiger partial charge on any atom is 0.169 e. The van der Waals surface area contributed by atoms with Crippen molar-refractivity contribution in [3.8, 4) is 0 Å². The van der Waals surface area contributed by atoms with Crippen molar-refractivity contribution in [2.24, 2.45) is 10.9 Å². The van der Waals surface area contributed by atoms with Gasteiger partial charge in [-0.05, 0) is 12.1 Å². The molecule has 0 bridgehead atoms. The SMILES string of the molecule is C1=NCC(CNc2ccccn2)CO1. The van der Waals surface area contributed by atoms with E-state index in [1.807, 2.05) is 18.2 Å². The van der Waals surface area contributed by atoms with Gasteiger partial charge in [0.1, 0.15) is 5.82 Å². The second kappa shape index (κ2) is 4.60. The van der Waals surface area contributed by atoms with Gasteiger partial charge in [-0.25, -0.2) is 4.98 Å². The minimum atomic E-state index is 0.446. The second-order valence-electron chi connectivity index (χ2n) is 3.27. The van der Waals surface area contributed by atoms with E-state index in [-0.39, 0.29) is 0 Å². The molecular weight excluding hydrogens is 178 g/mol. The summed E-state index contributed by atoms with van der Waals surface area (Å²) in [6.07, 6.45) is 3.30. The molecule has 0 saturated carbocycles. The normalized spacial score (nSPS) is 20.1. The third-order valence-electron chi connectivity index (χ3n) is 2.08. The number of pyridine rings is 1. The first-order valence-electron chi connectivity index (χ1n) is 4.70. The van der Waals surface area contributed by atoms with Gasteiger partial charge < -0.3 is 10.1 Å². The van der Waals surface area contributed by atoms with Gasteiger partial charge in [0.25, 0.3) is 0 Å². The molecule has 2 heterocycles. The van der Waals surface area contributed by atoms with Crippen molar-refractivity contribution >= 4 is 12.2 Å². The molecule has 0 amide bonds. The molecule has 1 aromatic heterocycles. The lowest BCUT2D eigenvalue weighted by Gasteiger charge is -2.18. The van der Waals surface area contributed by atoms with E-state index in [0.29, 0.717) is 5.92 Å². The Bertz CT molecular complexity index is 299. The molecule has 0 aliphatic carbocycles. The van der Waals surface area contributed by atoms with Gasteiger partial charge in [0.2, 0.25) is 0 Å². The molecule has 0 saturated heterocycles. The Labute approximate surface area is 83.0 Å². The van der Waals surface area contributed by atoms with Crippen molar-refractivity contribution in [3.05, 3.63) is 24.4 Å². The summed E-state index contributed by atoms with van der Waals surface area (Å²) in [5.74, 6) is 1.35. The van der Waals surface area contributed by atoms with E-state index in [4.69, 9.17) is 4.74 Å². The fraction of sp³-hybridized carbons (Fsp3) is 0.400. The highest BCUT2D eigenvalue weighted by Gasteiger charge is 2.10. The maximum atomic E-state index is 5.12. The molecule has 1 atom stereocenters. The number of hydrogen-bond acceptors (Lipinski definition) is 4. The maximum absolute atomic E-state index is 5.12. The Hall–Kier alpha value is -1.58. The van der Waals surface area contributed by atoms with Crippen molar-refractivity contribution in [1.82, 2.24) is 4.98 Å². The summed E-state index contributed by atoms with van der Waals surface area (Å²) in [6, 6.07) is 5.82. The molecule has 4 nitrogen and oxygen atoms in total. The highest BCUT2D eigenvalue weighted by Crippen LogP contribution is 2.05. The van der Waals surface area contributed by atoms with Gasteiger partial charge in [-0.2, -0.15) is 0 Å². The summed E-state index contributed by atoms with van der Waals surface area (Å²) in [5.41, 5.74) is 0. The first-order chi connectivity index (χ1) is 6.95. The van der Waals surface area contributed by atoms with Gasteiger partial charge >= 0.3 is 0 Å². The molecule has 1 aromatic rings. The van der Waals surface area contributed by atoms with E-state index in [2.05, 4.69) is 15.3 Å². The van der Waals surface area contributed by atoms with Crippen LogP contribution in [0, 0.1) is 5.92 Å². The van der Waals surface area contributed by atoms with Crippen LogP contribution >= 0.6 is 0 Å². The standard InChI is InChI=1S/C10H13N3O/c1-2-4-12-10(3-1)13-6-9-5-11-8-14-7-9/h1-4,8-9H,5-7H2,(H,12,13). The van der Waals surface area contributed by atoms with E-state index in [1.54, 1.807) is 6.20 Å². The van der Waals surface area contributed by atoms with Crippen molar-refractivity contribution in [2.45, 2.75) is 0 Å². The number of ether oxygens (including phenoxy) is 1. The molecule has 1 aliphatic heterocycles. The fourth-order valence-corrected chi connectivity index (χ4v) is 1.32. The van der Waals surface area contributed by atoms with Crippen LogP contribution in [0.3, 0.4) is 0 Å². The quantitative estimate of drug-likeness (QED) is 0.780. The zero-order chi connectivity index (χ0) is 9.64. The zero-order valence-electron chi connectivity index (χ0n) is 7.89. The number of hydrogen-bond donors (Lipinski definition) is 1. The summed E-state index contributed by atoms with van der Waals surface area (Å²) in [7, 11) is 0. The van der Waals surface area contributed by atoms with Gasteiger partial charge in [0.05, 0.1) is 6.61 Å². The highest BCUT2D eigenvalue weighted by molar-refractivity contribution is 5.47. The highest BCUT2D eigenvalue weighted by atomic mass is 16.5. The molecule has 1 unspecified atom stereocenters. The van der Waals surface area contributed by atoms with Crippen LogP contribution in [0.4, 0.5) is 5.82 Å². The van der Waals surface area contributed by atoms with Crippen molar-refractivity contribution < 1.29 is 4.74 Å². The van der Waals surface area contributed by atoms with Gasteiger partial charge in [-0.1, -0.05) is 6.07 Å². The van der Waals surface area contributed by atoms with Crippen molar-refractivity contribution in [2.75, 3.05) is 25.0 Å². The Morgan fingerprint density at radius 3 is 3.21 bits per heavy atom. The summed E-state index contributed by atoms with van der Waals surface area (Å²) >= 11 is 0. The Morgan fingerprint density at radius 2 is 2.50 bits per heavy atom. The molecule has 0 radical (unpaired) electrons. The molecule has 74 valence electrons. The largest absolute Gasteiger partial charge is 0.483 e. The number of nitrogens with one attached hydrogen (secondary N) is 1. The minimum absolute atomic E-state index is 0.446. The molecule has 0 fully saturated rings. The molecule has 1 aliphatic rings. The summed E-state index contributed by atoms with van der Waals surface area (Å²) in [4.78, 5) is 8.24. The Balaban J connectivity index is 1.80. The lowest BCUT2D eigenvalue weighted by molar-refractivity contribution is 0.240. The lowest BCUT2D eigenvalue weighted by Crippen LogP contribution is -2.25. The van der Waals surface area contributed by atoms with Gasteiger partial charge in [0.15, 0.2) is 6.40 Å². The van der Waals surface area contributed by atoms with E-state index < -0.39 is 0 Å². The van der Waals surface area contributed by atoms with Crippen LogP contribution in [-0.4, -0.2) is 31.1 Å². The van der Waals surface area contributed by atoms with E-state index in [1.165, 1.54) is 6.40 Å². The number of aliphatic imine (C=N–C) groups is 1. The number of nitrogens with zero attached hydrogens (tertiary/aromatic N) is 2. The topological polar surface area (TPSA) is 46.5 Å². The molecule has 1 N–H and O–H groups in total. The predicted molar refractivity (Wildman–Crippen MR) is 55.5 cm³/mol. The number of rotatable bonds is 3. The first kappa shape index (κ1) is 8.99. The molecule has 14 heavy (non-hydrogen) atoms. The van der Waals surface area contributed by atoms with Gasteiger partial charge in [0, 0.05) is 25.2 Å². The van der Waals surface area contributed by atoms with Crippen molar-refractivity contribution in [1.29, 1.82) is 0 Å². The van der Waals surface area contributed by atoms with E-state index in [0.717, 1.165) is 25.5 Å². The Morgan fingerprint density at radius 1 is 1.50 bits per heavy atom. The van der Waals surface area contributed by atoms with Crippen LogP contribution in [0.15, 0.2) is 29.4 Å². The summed E-state index contributed by atoms with van der Waals surface area (Å²) < 4.78 is 5.12. The molecule has 2 rings (SSSR count). The second-order valence-corrected chi connectivity index (χ2v) is 3.27. The van der Waals surface area contributed by atoms with Crippen LogP contribution in [0.1, 0.15) is 0 Å². The number of aromatic nitrogens is 1. The van der Waals surface area contributed by atoms with Gasteiger partial charge in [-0.3, -0.25) is 4.99 Å². The fourth-order valence-electron chi connectivity index (χ4n) is 1.32. The molecular formula is C10H13N3O. The predicted octanol–water partition coefficient (Wildman–Crippen LogP) is 1.17. The summed E-state index contributed by atoms with van der Waals surface area (Å²) in [6.45, 7) is 2.43. The lowest BCUT2D eigenvalue weighted by atomic mass is 10.1. The minimum Gasteiger partial charge on any atom is -0.483 e. The third kappa shape index (κ3) is 2.45. The average molecular weight is 191 g/mol. The van der Waals surface area contributed by atoms with Crippen LogP contribution < -0.4 is 5.32 Å². The van der Waals surface area contributed by atoms with Crippen LogP contribution in [0.25, 0.3) is 0 Å². The Kier molecular flexibility index (Phi) is 2.95. The third-order valence-corrected chi connectivity index (χ3v) is 2.08. The molecule has 4 heteroatoms. The van der Waals surface area contributed by atoms with E-state index >= 15 is 0 Å². The monoisotopic (exact) mass is 191 g/mol. The van der Waals surface area contributed by atoms with E-state index in [9.17, 15) is 0 Å². The van der Waals surface area contributed by atoms with Crippen LogP contribution in [0.5, 0.6) is 0 Å². The zero-order valence-corrected chi connectivity index (χ0v) is 7.89.